The van der Waals surface area contributed by atoms with E-state index in [1.54, 1.807) is 21.0 Å². The van der Waals surface area contributed by atoms with Crippen LogP contribution in [0.4, 0.5) is 0 Å². The van der Waals surface area contributed by atoms with E-state index in [2.05, 4.69) is 10.6 Å². The summed E-state index contributed by atoms with van der Waals surface area (Å²) < 4.78 is 0. The lowest BCUT2D eigenvalue weighted by Crippen LogP contribution is -2.51. The van der Waals surface area contributed by atoms with E-state index >= 15 is 0 Å². The average Bonchev–Trinajstić information content (AvgIpc) is 2.26. The molecule has 0 radical (unpaired) electrons. The SMILES string of the molecule is CC(NC(=O)C1CCCCCCN1)C(=O)N(C)C. The van der Waals surface area contributed by atoms with Crippen LogP contribution in [0, 0.1) is 0 Å². The Morgan fingerprint density at radius 3 is 2.56 bits per heavy atom. The Bertz CT molecular complexity index is 284. The molecule has 5 nitrogen and oxygen atoms in total. The summed E-state index contributed by atoms with van der Waals surface area (Å²) in [6.45, 7) is 2.61. The zero-order valence-corrected chi connectivity index (χ0v) is 11.7. The van der Waals surface area contributed by atoms with E-state index in [1.165, 1.54) is 17.7 Å². The second-order valence-corrected chi connectivity index (χ2v) is 5.17. The zero-order valence-electron chi connectivity index (χ0n) is 11.7. The highest BCUT2D eigenvalue weighted by atomic mass is 16.2. The summed E-state index contributed by atoms with van der Waals surface area (Å²) in [5.41, 5.74) is 0. The van der Waals surface area contributed by atoms with Crippen LogP contribution in [0.3, 0.4) is 0 Å². The quantitative estimate of drug-likeness (QED) is 0.772. The second kappa shape index (κ2) is 7.36. The highest BCUT2D eigenvalue weighted by molar-refractivity contribution is 5.89. The molecule has 0 bridgehead atoms. The summed E-state index contributed by atoms with van der Waals surface area (Å²) in [5.74, 6) is -0.131. The fourth-order valence-corrected chi connectivity index (χ4v) is 2.19. The van der Waals surface area contributed by atoms with Crippen LogP contribution in [0.2, 0.25) is 0 Å². The molecule has 0 aromatic heterocycles. The first kappa shape index (κ1) is 15.0. The maximum atomic E-state index is 12.1. The van der Waals surface area contributed by atoms with E-state index in [4.69, 9.17) is 0 Å². The van der Waals surface area contributed by atoms with Crippen LogP contribution in [-0.4, -0.2) is 49.4 Å². The Hall–Kier alpha value is -1.10. The van der Waals surface area contributed by atoms with E-state index < -0.39 is 6.04 Å². The smallest absolute Gasteiger partial charge is 0.244 e. The third kappa shape index (κ3) is 4.64. The van der Waals surface area contributed by atoms with Crippen LogP contribution in [0.15, 0.2) is 0 Å². The highest BCUT2D eigenvalue weighted by Gasteiger charge is 2.23. The predicted octanol–water partition coefficient (Wildman–Crippen LogP) is 0.502. The molecule has 0 saturated carbocycles. The molecule has 0 spiro atoms. The normalized spacial score (nSPS) is 22.5. The van der Waals surface area contributed by atoms with Crippen molar-refractivity contribution in [3.63, 3.8) is 0 Å². The van der Waals surface area contributed by atoms with Crippen molar-refractivity contribution in [3.8, 4) is 0 Å². The van der Waals surface area contributed by atoms with Crippen molar-refractivity contribution in [1.29, 1.82) is 0 Å². The van der Waals surface area contributed by atoms with Gasteiger partial charge in [-0.3, -0.25) is 9.59 Å². The van der Waals surface area contributed by atoms with Gasteiger partial charge in [0, 0.05) is 14.1 Å². The van der Waals surface area contributed by atoms with Gasteiger partial charge in [0.15, 0.2) is 0 Å². The zero-order chi connectivity index (χ0) is 13.5. The molecule has 0 aromatic rings. The summed E-state index contributed by atoms with van der Waals surface area (Å²) >= 11 is 0. The summed E-state index contributed by atoms with van der Waals surface area (Å²) in [6.07, 6.45) is 5.47. The molecule has 5 heteroatoms. The topological polar surface area (TPSA) is 61.4 Å². The van der Waals surface area contributed by atoms with Crippen LogP contribution in [-0.2, 0) is 9.59 Å². The number of rotatable bonds is 3. The van der Waals surface area contributed by atoms with Gasteiger partial charge in [-0.05, 0) is 26.3 Å². The van der Waals surface area contributed by atoms with Crippen LogP contribution in [0.5, 0.6) is 0 Å². The maximum Gasteiger partial charge on any atom is 0.244 e. The lowest BCUT2D eigenvalue weighted by Gasteiger charge is -2.24. The van der Waals surface area contributed by atoms with Gasteiger partial charge in [-0.2, -0.15) is 0 Å². The molecular formula is C13H25N3O2. The summed E-state index contributed by atoms with van der Waals surface area (Å²) in [7, 11) is 3.39. The van der Waals surface area contributed by atoms with Crippen molar-refractivity contribution in [2.45, 2.75) is 51.1 Å². The largest absolute Gasteiger partial charge is 0.347 e. The van der Waals surface area contributed by atoms with Crippen LogP contribution >= 0.6 is 0 Å². The molecule has 1 rings (SSSR count). The Morgan fingerprint density at radius 1 is 1.22 bits per heavy atom. The van der Waals surface area contributed by atoms with E-state index in [0.717, 1.165) is 25.8 Å². The molecule has 2 unspecified atom stereocenters. The van der Waals surface area contributed by atoms with Crippen LogP contribution < -0.4 is 10.6 Å². The average molecular weight is 255 g/mol. The third-order valence-electron chi connectivity index (χ3n) is 3.30. The highest BCUT2D eigenvalue weighted by Crippen LogP contribution is 2.09. The lowest BCUT2D eigenvalue weighted by atomic mass is 10.0. The Labute approximate surface area is 109 Å². The number of hydrogen-bond acceptors (Lipinski definition) is 3. The maximum absolute atomic E-state index is 12.1. The second-order valence-electron chi connectivity index (χ2n) is 5.17. The van der Waals surface area contributed by atoms with Gasteiger partial charge in [-0.25, -0.2) is 0 Å². The van der Waals surface area contributed by atoms with Crippen molar-refractivity contribution in [3.05, 3.63) is 0 Å². The fraction of sp³-hybridized carbons (Fsp3) is 0.846. The molecule has 2 atom stereocenters. The van der Waals surface area contributed by atoms with Crippen molar-refractivity contribution < 1.29 is 9.59 Å². The molecule has 104 valence electrons. The van der Waals surface area contributed by atoms with Gasteiger partial charge in [0.05, 0.1) is 6.04 Å². The Kier molecular flexibility index (Phi) is 6.12. The molecule has 2 amide bonds. The van der Waals surface area contributed by atoms with Crippen molar-refractivity contribution in [2.75, 3.05) is 20.6 Å². The van der Waals surface area contributed by atoms with Crippen molar-refractivity contribution >= 4 is 11.8 Å². The van der Waals surface area contributed by atoms with Gasteiger partial charge in [0.25, 0.3) is 0 Å². The van der Waals surface area contributed by atoms with Gasteiger partial charge in [0.2, 0.25) is 11.8 Å². The van der Waals surface area contributed by atoms with E-state index in [9.17, 15) is 9.59 Å². The standard InChI is InChI=1S/C13H25N3O2/c1-10(13(18)16(2)3)15-12(17)11-8-6-4-5-7-9-14-11/h10-11,14H,4-9H2,1-3H3,(H,15,17). The van der Waals surface area contributed by atoms with Gasteiger partial charge in [-0.15, -0.1) is 0 Å². The molecule has 18 heavy (non-hydrogen) atoms. The molecule has 1 aliphatic heterocycles. The first-order valence-electron chi connectivity index (χ1n) is 6.77. The molecular weight excluding hydrogens is 230 g/mol. The van der Waals surface area contributed by atoms with Crippen LogP contribution in [0.1, 0.15) is 39.0 Å². The number of carbonyl (C=O) groups is 2. The fourth-order valence-electron chi connectivity index (χ4n) is 2.19. The predicted molar refractivity (Wildman–Crippen MR) is 71.2 cm³/mol. The van der Waals surface area contributed by atoms with Crippen LogP contribution in [0.25, 0.3) is 0 Å². The first-order chi connectivity index (χ1) is 8.52. The number of hydrogen-bond donors (Lipinski definition) is 2. The minimum Gasteiger partial charge on any atom is -0.347 e. The third-order valence-corrected chi connectivity index (χ3v) is 3.30. The molecule has 0 aliphatic carbocycles. The van der Waals surface area contributed by atoms with Gasteiger partial charge < -0.3 is 15.5 Å². The molecule has 2 N–H and O–H groups in total. The Morgan fingerprint density at radius 2 is 1.89 bits per heavy atom. The number of likely N-dealkylation sites (N-methyl/N-ethyl adjacent to an activating group) is 1. The molecule has 1 aliphatic rings. The summed E-state index contributed by atoms with van der Waals surface area (Å²) in [4.78, 5) is 25.2. The Balaban J connectivity index is 2.45. The number of nitrogens with one attached hydrogen (secondary N) is 2. The number of carbonyl (C=O) groups excluding carboxylic acids is 2. The summed E-state index contributed by atoms with van der Waals surface area (Å²) in [6, 6.07) is -0.609. The van der Waals surface area contributed by atoms with E-state index in [-0.39, 0.29) is 17.9 Å². The molecule has 1 saturated heterocycles. The van der Waals surface area contributed by atoms with Crippen molar-refractivity contribution in [2.24, 2.45) is 0 Å². The molecule has 1 fully saturated rings. The summed E-state index contributed by atoms with van der Waals surface area (Å²) in [5, 5.41) is 6.04. The van der Waals surface area contributed by atoms with Gasteiger partial charge in [-0.1, -0.05) is 19.3 Å². The minimum absolute atomic E-state index is 0.0559. The van der Waals surface area contributed by atoms with Gasteiger partial charge >= 0.3 is 0 Å². The molecule has 1 heterocycles. The minimum atomic E-state index is -0.459. The first-order valence-corrected chi connectivity index (χ1v) is 6.77. The number of amides is 2. The van der Waals surface area contributed by atoms with Gasteiger partial charge in [0.1, 0.15) is 6.04 Å². The monoisotopic (exact) mass is 255 g/mol. The van der Waals surface area contributed by atoms with Crippen molar-refractivity contribution in [1.82, 2.24) is 15.5 Å². The van der Waals surface area contributed by atoms with E-state index in [1.807, 2.05) is 0 Å². The molecule has 0 aromatic carbocycles. The number of nitrogens with zero attached hydrogens (tertiary/aromatic N) is 1. The lowest BCUT2D eigenvalue weighted by molar-refractivity contribution is -0.134. The van der Waals surface area contributed by atoms with E-state index in [0.29, 0.717) is 0 Å².